The quantitative estimate of drug-likeness (QED) is 0.880. The van der Waals surface area contributed by atoms with Gasteiger partial charge in [-0.05, 0) is 56.6 Å². The maximum Gasteiger partial charge on any atom is 0.0345 e. The Morgan fingerprint density at radius 3 is 2.50 bits per heavy atom. The van der Waals surface area contributed by atoms with Crippen molar-refractivity contribution in [1.82, 2.24) is 10.2 Å². The van der Waals surface area contributed by atoms with Gasteiger partial charge < -0.3 is 5.32 Å². The van der Waals surface area contributed by atoms with E-state index in [0.717, 1.165) is 28.6 Å². The lowest BCUT2D eigenvalue weighted by Crippen LogP contribution is -2.55. The van der Waals surface area contributed by atoms with Gasteiger partial charge in [0, 0.05) is 34.6 Å². The first-order valence-corrected chi connectivity index (χ1v) is 6.60. The van der Waals surface area contributed by atoms with Gasteiger partial charge in [0.15, 0.2) is 0 Å². The highest BCUT2D eigenvalue weighted by Gasteiger charge is 2.21. The highest BCUT2D eigenvalue weighted by molar-refractivity contribution is 9.13. The molecular formula is C11H15Br2ClN2. The molecular weight excluding hydrogens is 355 g/mol. The summed E-state index contributed by atoms with van der Waals surface area (Å²) in [5, 5.41) is 3.29. The summed E-state index contributed by atoms with van der Waals surface area (Å²) >= 11 is 7.01. The van der Waals surface area contributed by atoms with E-state index in [1.54, 1.807) is 0 Å². The van der Waals surface area contributed by atoms with Crippen LogP contribution < -0.4 is 5.32 Å². The molecule has 1 aromatic carbocycles. The van der Waals surface area contributed by atoms with Gasteiger partial charge in [0.25, 0.3) is 0 Å². The molecule has 2 rings (SSSR count). The zero-order valence-electron chi connectivity index (χ0n) is 9.04. The normalized spacial score (nSPS) is 15.8. The van der Waals surface area contributed by atoms with Crippen LogP contribution in [0.3, 0.4) is 0 Å². The number of halogens is 3. The van der Waals surface area contributed by atoms with Crippen LogP contribution in [0.25, 0.3) is 0 Å². The number of hydrogen-bond acceptors (Lipinski definition) is 2. The second kappa shape index (κ2) is 6.36. The lowest BCUT2D eigenvalue weighted by molar-refractivity contribution is 0.173. The van der Waals surface area contributed by atoms with Crippen molar-refractivity contribution >= 4 is 44.3 Å². The van der Waals surface area contributed by atoms with Crippen LogP contribution in [0, 0.1) is 0 Å². The molecule has 1 aliphatic rings. The van der Waals surface area contributed by atoms with E-state index in [1.165, 1.54) is 5.56 Å². The first-order valence-electron chi connectivity index (χ1n) is 5.01. The van der Waals surface area contributed by atoms with Crippen molar-refractivity contribution in [2.45, 2.75) is 12.6 Å². The van der Waals surface area contributed by atoms with Gasteiger partial charge in [0.1, 0.15) is 0 Å². The van der Waals surface area contributed by atoms with E-state index < -0.39 is 0 Å². The number of benzene rings is 1. The summed E-state index contributed by atoms with van der Waals surface area (Å²) in [6.07, 6.45) is 0. The predicted octanol–water partition coefficient (Wildman–Crippen LogP) is 3.04. The van der Waals surface area contributed by atoms with Crippen molar-refractivity contribution in [2.75, 3.05) is 20.1 Å². The van der Waals surface area contributed by atoms with Gasteiger partial charge in [-0.3, -0.25) is 4.90 Å². The lowest BCUT2D eigenvalue weighted by Gasteiger charge is -2.35. The third-order valence-electron chi connectivity index (χ3n) is 2.80. The summed E-state index contributed by atoms with van der Waals surface area (Å²) < 4.78 is 2.24. The first kappa shape index (κ1) is 14.5. The summed E-state index contributed by atoms with van der Waals surface area (Å²) in [5.74, 6) is 0. The van der Waals surface area contributed by atoms with Gasteiger partial charge in [-0.2, -0.15) is 0 Å². The van der Waals surface area contributed by atoms with Crippen molar-refractivity contribution in [3.05, 3.63) is 32.7 Å². The summed E-state index contributed by atoms with van der Waals surface area (Å²) in [6.45, 7) is 3.25. The molecule has 0 atom stereocenters. The molecule has 1 saturated heterocycles. The molecule has 1 aliphatic heterocycles. The van der Waals surface area contributed by atoms with Crippen LogP contribution >= 0.6 is 44.3 Å². The van der Waals surface area contributed by atoms with Gasteiger partial charge in [-0.25, -0.2) is 0 Å². The number of hydrogen-bond donors (Lipinski definition) is 1. The Morgan fingerprint density at radius 2 is 2.00 bits per heavy atom. The highest BCUT2D eigenvalue weighted by Crippen LogP contribution is 2.24. The van der Waals surface area contributed by atoms with Crippen molar-refractivity contribution < 1.29 is 0 Å². The highest BCUT2D eigenvalue weighted by atomic mass is 79.9. The zero-order valence-corrected chi connectivity index (χ0v) is 13.0. The van der Waals surface area contributed by atoms with Gasteiger partial charge in [-0.15, -0.1) is 12.4 Å². The van der Waals surface area contributed by atoms with Crippen molar-refractivity contribution in [2.24, 2.45) is 0 Å². The number of rotatable bonds is 3. The maximum atomic E-state index is 3.53. The fourth-order valence-electron chi connectivity index (χ4n) is 1.64. The van der Waals surface area contributed by atoms with E-state index >= 15 is 0 Å². The SMILES string of the molecule is CN(Cc1ccc(Br)c(Br)c1)C1CNC1.Cl. The zero-order chi connectivity index (χ0) is 10.8. The number of likely N-dealkylation sites (N-methyl/N-ethyl adjacent to an activating group) is 1. The summed E-state index contributed by atoms with van der Waals surface area (Å²) in [5.41, 5.74) is 1.35. The Balaban J connectivity index is 0.00000128. The molecule has 90 valence electrons. The van der Waals surface area contributed by atoms with Crippen molar-refractivity contribution in [3.8, 4) is 0 Å². The van der Waals surface area contributed by atoms with Crippen molar-refractivity contribution in [3.63, 3.8) is 0 Å². The minimum atomic E-state index is 0. The van der Waals surface area contributed by atoms with E-state index in [9.17, 15) is 0 Å². The molecule has 0 radical (unpaired) electrons. The Kier molecular flexibility index (Phi) is 5.74. The molecule has 0 saturated carbocycles. The minimum absolute atomic E-state index is 0. The fraction of sp³-hybridized carbons (Fsp3) is 0.455. The average molecular weight is 371 g/mol. The van der Waals surface area contributed by atoms with E-state index in [-0.39, 0.29) is 12.4 Å². The average Bonchev–Trinajstić information content (AvgIpc) is 2.08. The molecule has 1 heterocycles. The number of nitrogens with one attached hydrogen (secondary N) is 1. The Hall–Kier alpha value is 0.390. The topological polar surface area (TPSA) is 15.3 Å². The molecule has 0 amide bonds. The van der Waals surface area contributed by atoms with Gasteiger partial charge in [0.2, 0.25) is 0 Å². The van der Waals surface area contributed by atoms with Crippen LogP contribution in [0.1, 0.15) is 5.56 Å². The number of nitrogens with zero attached hydrogens (tertiary/aromatic N) is 1. The standard InChI is InChI=1S/C11H14Br2N2.ClH/c1-15(9-5-14-6-9)7-8-2-3-10(12)11(13)4-8;/h2-4,9,14H,5-7H2,1H3;1H. The molecule has 0 aliphatic carbocycles. The smallest absolute Gasteiger partial charge is 0.0345 e. The Labute approximate surface area is 119 Å². The summed E-state index contributed by atoms with van der Waals surface area (Å²) in [7, 11) is 2.18. The molecule has 0 spiro atoms. The lowest BCUT2D eigenvalue weighted by atomic mass is 10.1. The maximum absolute atomic E-state index is 3.53. The minimum Gasteiger partial charge on any atom is -0.314 e. The molecule has 16 heavy (non-hydrogen) atoms. The largest absolute Gasteiger partial charge is 0.314 e. The molecule has 2 nitrogen and oxygen atoms in total. The molecule has 0 unspecified atom stereocenters. The van der Waals surface area contributed by atoms with Crippen LogP contribution in [0.15, 0.2) is 27.1 Å². The van der Waals surface area contributed by atoms with E-state index in [1.807, 2.05) is 0 Å². The summed E-state index contributed by atoms with van der Waals surface area (Å²) in [4.78, 5) is 2.40. The fourth-order valence-corrected chi connectivity index (χ4v) is 2.31. The van der Waals surface area contributed by atoms with Crippen LogP contribution in [0.4, 0.5) is 0 Å². The molecule has 0 bridgehead atoms. The van der Waals surface area contributed by atoms with E-state index in [2.05, 4.69) is 67.3 Å². The van der Waals surface area contributed by atoms with Crippen molar-refractivity contribution in [1.29, 1.82) is 0 Å². The predicted molar refractivity (Wildman–Crippen MR) is 77.2 cm³/mol. The monoisotopic (exact) mass is 368 g/mol. The van der Waals surface area contributed by atoms with Crippen LogP contribution in [0.5, 0.6) is 0 Å². The van der Waals surface area contributed by atoms with Gasteiger partial charge in [-0.1, -0.05) is 6.07 Å². The van der Waals surface area contributed by atoms with E-state index in [4.69, 9.17) is 0 Å². The first-order chi connectivity index (χ1) is 7.16. The second-order valence-corrected chi connectivity index (χ2v) is 5.68. The Morgan fingerprint density at radius 1 is 1.31 bits per heavy atom. The molecule has 5 heteroatoms. The summed E-state index contributed by atoms with van der Waals surface area (Å²) in [6, 6.07) is 7.13. The van der Waals surface area contributed by atoms with Crippen LogP contribution in [0.2, 0.25) is 0 Å². The molecule has 1 N–H and O–H groups in total. The Bertz CT molecular complexity index is 356. The third-order valence-corrected chi connectivity index (χ3v) is 4.68. The van der Waals surface area contributed by atoms with Gasteiger partial charge in [0.05, 0.1) is 0 Å². The molecule has 0 aromatic heterocycles. The van der Waals surface area contributed by atoms with Crippen LogP contribution in [-0.2, 0) is 6.54 Å². The third kappa shape index (κ3) is 3.44. The van der Waals surface area contributed by atoms with Gasteiger partial charge >= 0.3 is 0 Å². The molecule has 1 fully saturated rings. The molecule has 1 aromatic rings. The van der Waals surface area contributed by atoms with E-state index in [0.29, 0.717) is 6.04 Å². The van der Waals surface area contributed by atoms with Crippen LogP contribution in [-0.4, -0.2) is 31.1 Å². The second-order valence-electron chi connectivity index (χ2n) is 3.98.